The third-order valence-corrected chi connectivity index (χ3v) is 5.91. The molecule has 0 saturated heterocycles. The Bertz CT molecular complexity index is 672. The maximum atomic E-state index is 13.2. The molecule has 134 valence electrons. The molecule has 3 unspecified atom stereocenters. The Morgan fingerprint density at radius 3 is 2.68 bits per heavy atom. The first kappa shape index (κ1) is 18.1. The summed E-state index contributed by atoms with van der Waals surface area (Å²) in [5.74, 6) is 0.320. The maximum Gasteiger partial charge on any atom is 0.234 e. The van der Waals surface area contributed by atoms with E-state index in [2.05, 4.69) is 17.6 Å². The van der Waals surface area contributed by atoms with Crippen LogP contribution in [0.1, 0.15) is 49.1 Å². The predicted molar refractivity (Wildman–Crippen MR) is 100 cm³/mol. The molecule has 1 amide bonds. The van der Waals surface area contributed by atoms with Crippen LogP contribution in [0.15, 0.2) is 41.8 Å². The number of carbonyl (C=O) groups is 1. The van der Waals surface area contributed by atoms with E-state index < -0.39 is 0 Å². The molecule has 0 bridgehead atoms. The van der Waals surface area contributed by atoms with Crippen molar-refractivity contribution < 1.29 is 9.18 Å². The molecular weight excluding hydrogens is 335 g/mol. The van der Waals surface area contributed by atoms with E-state index in [0.29, 0.717) is 18.5 Å². The van der Waals surface area contributed by atoms with Crippen LogP contribution in [0, 0.1) is 11.7 Å². The quantitative estimate of drug-likeness (QED) is 0.808. The second kappa shape index (κ2) is 8.59. The number of hydrogen-bond donors (Lipinski definition) is 2. The van der Waals surface area contributed by atoms with Crippen LogP contribution in [-0.4, -0.2) is 18.5 Å². The van der Waals surface area contributed by atoms with Gasteiger partial charge >= 0.3 is 0 Å². The van der Waals surface area contributed by atoms with Crippen LogP contribution in [0.2, 0.25) is 0 Å². The van der Waals surface area contributed by atoms with Crippen molar-refractivity contribution in [1.82, 2.24) is 10.6 Å². The molecular formula is C20H25FN2OS. The van der Waals surface area contributed by atoms with E-state index in [1.807, 2.05) is 17.5 Å². The van der Waals surface area contributed by atoms with Gasteiger partial charge in [0, 0.05) is 10.9 Å². The minimum Gasteiger partial charge on any atom is -0.343 e. The SMILES string of the molecule is CC1CCCCC1NCC(=O)NC(c1ccc(F)cc1)c1cccs1. The zero-order valence-electron chi connectivity index (χ0n) is 14.5. The summed E-state index contributed by atoms with van der Waals surface area (Å²) in [6, 6.07) is 10.5. The van der Waals surface area contributed by atoms with E-state index in [4.69, 9.17) is 0 Å². The predicted octanol–water partition coefficient (Wildman–Crippen LogP) is 4.26. The Labute approximate surface area is 152 Å². The molecule has 0 radical (unpaired) electrons. The fourth-order valence-electron chi connectivity index (χ4n) is 3.48. The summed E-state index contributed by atoms with van der Waals surface area (Å²) in [6.45, 7) is 2.57. The van der Waals surface area contributed by atoms with E-state index in [1.165, 1.54) is 31.4 Å². The van der Waals surface area contributed by atoms with Crippen LogP contribution in [0.5, 0.6) is 0 Å². The first-order valence-corrected chi connectivity index (χ1v) is 9.83. The highest BCUT2D eigenvalue weighted by atomic mass is 32.1. The molecule has 2 N–H and O–H groups in total. The van der Waals surface area contributed by atoms with Gasteiger partial charge in [-0.2, -0.15) is 0 Å². The van der Waals surface area contributed by atoms with Crippen molar-refractivity contribution >= 4 is 17.2 Å². The van der Waals surface area contributed by atoms with Gasteiger partial charge in [-0.15, -0.1) is 11.3 Å². The van der Waals surface area contributed by atoms with Crippen molar-refractivity contribution in [3.05, 3.63) is 58.0 Å². The molecule has 3 atom stereocenters. The van der Waals surface area contributed by atoms with Crippen molar-refractivity contribution in [1.29, 1.82) is 0 Å². The molecule has 1 aromatic heterocycles. The zero-order valence-corrected chi connectivity index (χ0v) is 15.3. The molecule has 1 fully saturated rings. The molecule has 1 aromatic carbocycles. The van der Waals surface area contributed by atoms with E-state index in [1.54, 1.807) is 23.5 Å². The van der Waals surface area contributed by atoms with Crippen molar-refractivity contribution in [3.8, 4) is 0 Å². The lowest BCUT2D eigenvalue weighted by atomic mass is 9.86. The molecule has 0 aliphatic heterocycles. The molecule has 25 heavy (non-hydrogen) atoms. The number of carbonyl (C=O) groups excluding carboxylic acids is 1. The van der Waals surface area contributed by atoms with Crippen molar-refractivity contribution in [2.75, 3.05) is 6.54 Å². The lowest BCUT2D eigenvalue weighted by molar-refractivity contribution is -0.121. The average Bonchev–Trinajstić information content (AvgIpc) is 3.14. The van der Waals surface area contributed by atoms with E-state index in [0.717, 1.165) is 16.9 Å². The Kier molecular flexibility index (Phi) is 6.21. The van der Waals surface area contributed by atoms with Crippen LogP contribution >= 0.6 is 11.3 Å². The number of rotatable bonds is 6. The number of hydrogen-bond acceptors (Lipinski definition) is 3. The van der Waals surface area contributed by atoms with Crippen LogP contribution < -0.4 is 10.6 Å². The summed E-state index contributed by atoms with van der Waals surface area (Å²) in [4.78, 5) is 13.5. The normalized spacial score (nSPS) is 21.7. The molecule has 2 aromatic rings. The van der Waals surface area contributed by atoms with Gasteiger partial charge in [0.15, 0.2) is 0 Å². The third kappa shape index (κ3) is 4.89. The Hall–Kier alpha value is -1.72. The Morgan fingerprint density at radius 1 is 1.24 bits per heavy atom. The largest absolute Gasteiger partial charge is 0.343 e. The molecule has 3 nitrogen and oxygen atoms in total. The van der Waals surface area contributed by atoms with Gasteiger partial charge in [0.2, 0.25) is 5.91 Å². The first-order valence-electron chi connectivity index (χ1n) is 8.95. The standard InChI is InChI=1S/C20H25FN2OS/c1-14-5-2-3-6-17(14)22-13-19(24)23-20(18-7-4-12-25-18)15-8-10-16(21)11-9-15/h4,7-12,14,17,20,22H,2-3,5-6,13H2,1H3,(H,23,24). The van der Waals surface area contributed by atoms with Crippen molar-refractivity contribution in [2.45, 2.75) is 44.7 Å². The van der Waals surface area contributed by atoms with Gasteiger partial charge in [-0.3, -0.25) is 4.79 Å². The molecule has 5 heteroatoms. The third-order valence-electron chi connectivity index (χ3n) is 4.97. The van der Waals surface area contributed by atoms with Gasteiger partial charge in [0.1, 0.15) is 5.82 Å². The van der Waals surface area contributed by atoms with Crippen molar-refractivity contribution in [3.63, 3.8) is 0 Å². The van der Waals surface area contributed by atoms with E-state index >= 15 is 0 Å². The maximum absolute atomic E-state index is 13.2. The minimum atomic E-state index is -0.270. The highest BCUT2D eigenvalue weighted by Gasteiger charge is 2.23. The fraction of sp³-hybridized carbons (Fsp3) is 0.450. The van der Waals surface area contributed by atoms with Gasteiger partial charge in [-0.05, 0) is 47.9 Å². The molecule has 1 aliphatic carbocycles. The lowest BCUT2D eigenvalue weighted by Gasteiger charge is -2.29. The van der Waals surface area contributed by atoms with Gasteiger partial charge in [-0.25, -0.2) is 4.39 Å². The van der Waals surface area contributed by atoms with Gasteiger partial charge in [-0.1, -0.05) is 38.0 Å². The average molecular weight is 360 g/mol. The summed E-state index contributed by atoms with van der Waals surface area (Å²) in [6.07, 6.45) is 4.89. The van der Waals surface area contributed by atoms with Crippen LogP contribution in [0.4, 0.5) is 4.39 Å². The van der Waals surface area contributed by atoms with Crippen LogP contribution in [-0.2, 0) is 4.79 Å². The highest BCUT2D eigenvalue weighted by Crippen LogP contribution is 2.26. The number of halogens is 1. The second-order valence-electron chi connectivity index (χ2n) is 6.82. The first-order chi connectivity index (χ1) is 12.1. The summed E-state index contributed by atoms with van der Waals surface area (Å²) >= 11 is 1.59. The number of nitrogens with one attached hydrogen (secondary N) is 2. The van der Waals surface area contributed by atoms with Gasteiger partial charge in [0.05, 0.1) is 12.6 Å². The van der Waals surface area contributed by atoms with Gasteiger partial charge in [0.25, 0.3) is 0 Å². The molecule has 0 spiro atoms. The zero-order chi connectivity index (χ0) is 17.6. The molecule has 1 saturated carbocycles. The monoisotopic (exact) mass is 360 g/mol. The number of benzene rings is 1. The second-order valence-corrected chi connectivity index (χ2v) is 7.80. The Balaban J connectivity index is 1.63. The Morgan fingerprint density at radius 2 is 2.00 bits per heavy atom. The van der Waals surface area contributed by atoms with E-state index in [-0.39, 0.29) is 17.8 Å². The molecule has 3 rings (SSSR count). The number of amides is 1. The topological polar surface area (TPSA) is 41.1 Å². The lowest BCUT2D eigenvalue weighted by Crippen LogP contribution is -2.44. The summed E-state index contributed by atoms with van der Waals surface area (Å²) < 4.78 is 13.2. The highest BCUT2D eigenvalue weighted by molar-refractivity contribution is 7.10. The minimum absolute atomic E-state index is 0.0273. The molecule has 1 heterocycles. The smallest absolute Gasteiger partial charge is 0.234 e. The van der Waals surface area contributed by atoms with E-state index in [9.17, 15) is 9.18 Å². The summed E-state index contributed by atoms with van der Waals surface area (Å²) in [5.41, 5.74) is 0.892. The molecule has 1 aliphatic rings. The van der Waals surface area contributed by atoms with Crippen LogP contribution in [0.3, 0.4) is 0 Å². The summed E-state index contributed by atoms with van der Waals surface area (Å²) in [5, 5.41) is 8.50. The van der Waals surface area contributed by atoms with Crippen molar-refractivity contribution in [2.24, 2.45) is 5.92 Å². The van der Waals surface area contributed by atoms with Crippen LogP contribution in [0.25, 0.3) is 0 Å². The van der Waals surface area contributed by atoms with Gasteiger partial charge < -0.3 is 10.6 Å². The number of thiophene rings is 1. The summed E-state index contributed by atoms with van der Waals surface area (Å²) in [7, 11) is 0. The fourth-order valence-corrected chi connectivity index (χ4v) is 4.29.